The highest BCUT2D eigenvalue weighted by atomic mass is 19.4. The number of amides is 1. The summed E-state index contributed by atoms with van der Waals surface area (Å²) in [6, 6.07) is 10.6. The van der Waals surface area contributed by atoms with Crippen LogP contribution < -0.4 is 10.6 Å². The van der Waals surface area contributed by atoms with Gasteiger partial charge in [0, 0.05) is 47.2 Å². The number of carbonyl (C=O) groups is 1. The minimum atomic E-state index is -4.60. The van der Waals surface area contributed by atoms with E-state index in [2.05, 4.69) is 30.6 Å². The Labute approximate surface area is 237 Å². The van der Waals surface area contributed by atoms with Gasteiger partial charge in [0.2, 0.25) is 11.9 Å². The molecule has 0 saturated carbocycles. The molecular formula is C30H24F4N6O2. The molecule has 0 radical (unpaired) electrons. The third-order valence-corrected chi connectivity index (χ3v) is 6.40. The number of hydrogen-bond acceptors (Lipinski definition) is 7. The summed E-state index contributed by atoms with van der Waals surface area (Å²) in [7, 11) is 0. The molecule has 42 heavy (non-hydrogen) atoms. The smallest absolute Gasteiger partial charge is 0.416 e. The van der Waals surface area contributed by atoms with E-state index in [4.69, 9.17) is 0 Å². The monoisotopic (exact) mass is 576 g/mol. The summed E-state index contributed by atoms with van der Waals surface area (Å²) in [4.78, 5) is 29.4. The van der Waals surface area contributed by atoms with Gasteiger partial charge in [0.15, 0.2) is 0 Å². The summed E-state index contributed by atoms with van der Waals surface area (Å²) in [5.74, 6) is -1.62. The van der Waals surface area contributed by atoms with Gasteiger partial charge in [0.25, 0.3) is 5.91 Å². The highest BCUT2D eigenvalue weighted by Gasteiger charge is 2.31. The molecule has 0 aliphatic heterocycles. The molecule has 0 saturated heterocycles. The van der Waals surface area contributed by atoms with Gasteiger partial charge in [-0.3, -0.25) is 4.79 Å². The maximum Gasteiger partial charge on any atom is 0.416 e. The van der Waals surface area contributed by atoms with Crippen LogP contribution >= 0.6 is 0 Å². The number of hydrogen-bond donors (Lipinski definition) is 3. The van der Waals surface area contributed by atoms with Crippen molar-refractivity contribution >= 4 is 28.6 Å². The molecule has 0 spiro atoms. The first-order chi connectivity index (χ1) is 19.9. The molecule has 3 heterocycles. The molecule has 12 heteroatoms. The normalized spacial score (nSPS) is 11.6. The number of benzene rings is 2. The van der Waals surface area contributed by atoms with E-state index in [1.165, 1.54) is 30.5 Å². The van der Waals surface area contributed by atoms with E-state index in [0.29, 0.717) is 39.1 Å². The molecule has 0 fully saturated rings. The average Bonchev–Trinajstić information content (AvgIpc) is 2.92. The van der Waals surface area contributed by atoms with E-state index < -0.39 is 23.6 Å². The molecule has 0 aliphatic carbocycles. The predicted octanol–water partition coefficient (Wildman–Crippen LogP) is 7.00. The summed E-state index contributed by atoms with van der Waals surface area (Å²) in [6.45, 7) is 5.61. The van der Waals surface area contributed by atoms with Crippen molar-refractivity contribution in [2.45, 2.75) is 33.0 Å². The molecule has 0 atom stereocenters. The Kier molecular flexibility index (Phi) is 7.46. The van der Waals surface area contributed by atoms with Crippen LogP contribution in [-0.4, -0.2) is 37.0 Å². The fourth-order valence-corrected chi connectivity index (χ4v) is 4.45. The number of phenolic OH excluding ortho intramolecular Hbond substituents is 1. The van der Waals surface area contributed by atoms with E-state index in [0.717, 1.165) is 18.3 Å². The minimum absolute atomic E-state index is 0.0276. The van der Waals surface area contributed by atoms with Crippen LogP contribution in [0, 0.1) is 12.9 Å². The van der Waals surface area contributed by atoms with Gasteiger partial charge in [0.05, 0.1) is 16.6 Å². The molecule has 214 valence electrons. The van der Waals surface area contributed by atoms with Crippen molar-refractivity contribution in [2.24, 2.45) is 0 Å². The van der Waals surface area contributed by atoms with Gasteiger partial charge in [-0.2, -0.15) is 17.6 Å². The standard InChI is InChI=1S/C30H24F4N6O2/c1-15(2)38-29-37-14-19-11-22(27(41)25(26(19)40-29)17-6-8-35-23(31)12-17)21-10-18(5-4-16(21)3)28(42)39-24-13-20(7-9-36-24)30(32,33)34/h4-15,41H,1-3H3,(H,36,39,42)(H,37,38,40). The van der Waals surface area contributed by atoms with E-state index in [-0.39, 0.29) is 28.7 Å². The van der Waals surface area contributed by atoms with E-state index in [1.54, 1.807) is 25.3 Å². The highest BCUT2D eigenvalue weighted by Crippen LogP contribution is 2.44. The van der Waals surface area contributed by atoms with E-state index >= 15 is 0 Å². The number of pyridine rings is 2. The number of halogens is 4. The zero-order chi connectivity index (χ0) is 30.2. The lowest BCUT2D eigenvalue weighted by molar-refractivity contribution is -0.137. The molecule has 0 unspecified atom stereocenters. The number of anilines is 2. The molecule has 5 rings (SSSR count). The van der Waals surface area contributed by atoms with Gasteiger partial charge in [0.1, 0.15) is 11.6 Å². The minimum Gasteiger partial charge on any atom is -0.507 e. The third-order valence-electron chi connectivity index (χ3n) is 6.40. The second-order valence-electron chi connectivity index (χ2n) is 9.86. The summed E-state index contributed by atoms with van der Waals surface area (Å²) in [5.41, 5.74) is 1.53. The van der Waals surface area contributed by atoms with Gasteiger partial charge in [-0.25, -0.2) is 19.9 Å². The molecule has 8 nitrogen and oxygen atoms in total. The maximum absolute atomic E-state index is 14.2. The van der Waals surface area contributed by atoms with Crippen molar-refractivity contribution < 1.29 is 27.5 Å². The molecule has 1 amide bonds. The maximum atomic E-state index is 14.2. The first kappa shape index (κ1) is 28.4. The van der Waals surface area contributed by atoms with Crippen LogP contribution in [0.25, 0.3) is 33.2 Å². The number of aromatic nitrogens is 4. The zero-order valence-corrected chi connectivity index (χ0v) is 22.6. The Bertz CT molecular complexity index is 1820. The summed E-state index contributed by atoms with van der Waals surface area (Å²) >= 11 is 0. The number of carbonyl (C=O) groups excluding carboxylic acids is 1. The quantitative estimate of drug-likeness (QED) is 0.147. The Morgan fingerprint density at radius 2 is 1.71 bits per heavy atom. The number of aryl methyl sites for hydroxylation is 1. The Hall–Kier alpha value is -5.13. The van der Waals surface area contributed by atoms with E-state index in [9.17, 15) is 27.5 Å². The predicted molar refractivity (Wildman–Crippen MR) is 151 cm³/mol. The molecular weight excluding hydrogens is 552 g/mol. The van der Waals surface area contributed by atoms with Gasteiger partial charge in [-0.1, -0.05) is 6.07 Å². The van der Waals surface area contributed by atoms with Crippen molar-refractivity contribution in [3.63, 3.8) is 0 Å². The summed E-state index contributed by atoms with van der Waals surface area (Å²) < 4.78 is 53.5. The fourth-order valence-electron chi connectivity index (χ4n) is 4.45. The van der Waals surface area contributed by atoms with Gasteiger partial charge >= 0.3 is 6.18 Å². The van der Waals surface area contributed by atoms with Crippen molar-refractivity contribution in [2.75, 3.05) is 10.6 Å². The number of alkyl halides is 3. The Balaban J connectivity index is 1.62. The highest BCUT2D eigenvalue weighted by molar-refractivity contribution is 6.06. The second-order valence-corrected chi connectivity index (χ2v) is 9.86. The zero-order valence-electron chi connectivity index (χ0n) is 22.6. The van der Waals surface area contributed by atoms with Crippen LogP contribution in [0.1, 0.15) is 35.3 Å². The van der Waals surface area contributed by atoms with Gasteiger partial charge in [-0.05, 0) is 73.9 Å². The largest absolute Gasteiger partial charge is 0.507 e. The lowest BCUT2D eigenvalue weighted by Gasteiger charge is -2.17. The number of rotatable bonds is 6. The topological polar surface area (TPSA) is 113 Å². The van der Waals surface area contributed by atoms with Gasteiger partial charge in [-0.15, -0.1) is 0 Å². The van der Waals surface area contributed by atoms with Crippen molar-refractivity contribution in [1.29, 1.82) is 0 Å². The number of fused-ring (bicyclic) bond motifs is 1. The molecule has 0 aliphatic rings. The molecule has 2 aromatic carbocycles. The number of aromatic hydroxyl groups is 1. The van der Waals surface area contributed by atoms with Crippen LogP contribution in [0.15, 0.2) is 67.1 Å². The van der Waals surface area contributed by atoms with E-state index in [1.807, 2.05) is 13.8 Å². The van der Waals surface area contributed by atoms with Crippen molar-refractivity contribution in [3.05, 3.63) is 89.8 Å². The second kappa shape index (κ2) is 11.0. The number of nitrogens with zero attached hydrogens (tertiary/aromatic N) is 4. The summed E-state index contributed by atoms with van der Waals surface area (Å²) in [5, 5.41) is 17.6. The van der Waals surface area contributed by atoms with Crippen LogP contribution in [0.5, 0.6) is 5.75 Å². The summed E-state index contributed by atoms with van der Waals surface area (Å²) in [6.07, 6.45) is -0.797. The average molecular weight is 577 g/mol. The van der Waals surface area contributed by atoms with Crippen LogP contribution in [0.2, 0.25) is 0 Å². The van der Waals surface area contributed by atoms with Gasteiger partial charge < -0.3 is 15.7 Å². The Morgan fingerprint density at radius 1 is 0.952 bits per heavy atom. The van der Waals surface area contributed by atoms with Crippen LogP contribution in [0.4, 0.5) is 29.3 Å². The first-order valence-corrected chi connectivity index (χ1v) is 12.8. The SMILES string of the molecule is Cc1ccc(C(=O)Nc2cc(C(F)(F)F)ccn2)cc1-c1cc2cnc(NC(C)C)nc2c(-c2ccnc(F)c2)c1O. The fraction of sp³-hybridized carbons (Fsp3) is 0.167. The molecule has 3 aromatic heterocycles. The third kappa shape index (κ3) is 5.82. The van der Waals surface area contributed by atoms with Crippen LogP contribution in [0.3, 0.4) is 0 Å². The van der Waals surface area contributed by atoms with Crippen molar-refractivity contribution in [3.8, 4) is 28.0 Å². The number of phenols is 1. The lowest BCUT2D eigenvalue weighted by Crippen LogP contribution is -2.14. The first-order valence-electron chi connectivity index (χ1n) is 12.8. The van der Waals surface area contributed by atoms with Crippen molar-refractivity contribution in [1.82, 2.24) is 19.9 Å². The number of nitrogens with one attached hydrogen (secondary N) is 2. The molecule has 3 N–H and O–H groups in total. The Morgan fingerprint density at radius 3 is 2.43 bits per heavy atom. The lowest BCUT2D eigenvalue weighted by atomic mass is 9.91. The molecule has 5 aromatic rings. The van der Waals surface area contributed by atoms with Crippen LogP contribution in [-0.2, 0) is 6.18 Å². The molecule has 0 bridgehead atoms.